The quantitative estimate of drug-likeness (QED) is 0.818. The maximum Gasteiger partial charge on any atom is 0.267 e. The zero-order valence-electron chi connectivity index (χ0n) is 15.6. The topological polar surface area (TPSA) is 41.4 Å². The number of likely N-dealkylation sites (tertiary alicyclic amines) is 2. The lowest BCUT2D eigenvalue weighted by atomic mass is 9.96. The summed E-state index contributed by atoms with van der Waals surface area (Å²) in [5.41, 5.74) is 2.46. The highest BCUT2D eigenvalue weighted by atomic mass is 16.1. The van der Waals surface area contributed by atoms with Crippen LogP contribution in [-0.2, 0) is 19.4 Å². The number of hydrogen-bond donors (Lipinski definition) is 0. The molecule has 1 atom stereocenters. The first-order valence-corrected chi connectivity index (χ1v) is 10.2. The molecule has 5 heteroatoms. The number of piperidine rings is 1. The van der Waals surface area contributed by atoms with Crippen LogP contribution in [0.2, 0.25) is 0 Å². The molecule has 3 heterocycles. The molecule has 25 heavy (non-hydrogen) atoms. The summed E-state index contributed by atoms with van der Waals surface area (Å²) in [5, 5.41) is 4.67. The van der Waals surface area contributed by atoms with Crippen LogP contribution in [0.25, 0.3) is 0 Å². The Bertz CT molecular complexity index is 650. The summed E-state index contributed by atoms with van der Waals surface area (Å²) >= 11 is 0. The number of nitrogens with zero attached hydrogens (tertiary/aromatic N) is 4. The fourth-order valence-corrected chi connectivity index (χ4v) is 4.79. The van der Waals surface area contributed by atoms with Crippen LogP contribution in [0.1, 0.15) is 49.8 Å². The Balaban J connectivity index is 1.25. The van der Waals surface area contributed by atoms with Crippen molar-refractivity contribution in [3.8, 4) is 0 Å². The Hall–Kier alpha value is -1.20. The average molecular weight is 345 g/mol. The molecule has 5 nitrogen and oxygen atoms in total. The van der Waals surface area contributed by atoms with Crippen LogP contribution in [-0.4, -0.2) is 58.8 Å². The van der Waals surface area contributed by atoms with Gasteiger partial charge in [-0.25, -0.2) is 4.68 Å². The lowest BCUT2D eigenvalue weighted by molar-refractivity contribution is 0.0671. The third-order valence-electron chi connectivity index (χ3n) is 6.44. The van der Waals surface area contributed by atoms with E-state index in [2.05, 4.69) is 21.9 Å². The van der Waals surface area contributed by atoms with E-state index in [0.29, 0.717) is 5.92 Å². The molecule has 0 aromatic carbocycles. The summed E-state index contributed by atoms with van der Waals surface area (Å²) < 4.78 is 1.74. The van der Waals surface area contributed by atoms with E-state index in [4.69, 9.17) is 0 Å². The van der Waals surface area contributed by atoms with Gasteiger partial charge in [0.15, 0.2) is 0 Å². The molecule has 2 aliphatic heterocycles. The van der Waals surface area contributed by atoms with Gasteiger partial charge in [-0.15, -0.1) is 0 Å². The molecule has 0 bridgehead atoms. The minimum atomic E-state index is 0.0999. The minimum absolute atomic E-state index is 0.0999. The van der Waals surface area contributed by atoms with Gasteiger partial charge in [0.2, 0.25) is 0 Å². The summed E-state index contributed by atoms with van der Waals surface area (Å²) in [6.45, 7) is 5.52. The molecule has 2 saturated heterocycles. The maximum absolute atomic E-state index is 12.3. The number of hydrogen-bond acceptors (Lipinski definition) is 4. The molecule has 1 aliphatic carbocycles. The van der Waals surface area contributed by atoms with Gasteiger partial charge < -0.3 is 9.80 Å². The molecule has 0 spiro atoms. The van der Waals surface area contributed by atoms with Crippen molar-refractivity contribution in [2.24, 2.45) is 5.92 Å². The highest BCUT2D eigenvalue weighted by Crippen LogP contribution is 2.22. The van der Waals surface area contributed by atoms with E-state index in [9.17, 15) is 4.79 Å². The van der Waals surface area contributed by atoms with Crippen molar-refractivity contribution in [1.29, 1.82) is 0 Å². The number of fused-ring (bicyclic) bond motifs is 1. The van der Waals surface area contributed by atoms with Crippen LogP contribution >= 0.6 is 0 Å². The molecule has 3 aliphatic rings. The van der Waals surface area contributed by atoms with Crippen molar-refractivity contribution in [3.63, 3.8) is 0 Å². The van der Waals surface area contributed by atoms with Crippen molar-refractivity contribution in [1.82, 2.24) is 19.6 Å². The van der Waals surface area contributed by atoms with Crippen molar-refractivity contribution in [2.75, 3.05) is 33.2 Å². The average Bonchev–Trinajstić information content (AvgIpc) is 2.58. The van der Waals surface area contributed by atoms with Crippen molar-refractivity contribution in [2.45, 2.75) is 64.0 Å². The first-order chi connectivity index (χ1) is 12.2. The first kappa shape index (κ1) is 17.2. The fourth-order valence-electron chi connectivity index (χ4n) is 4.79. The second kappa shape index (κ2) is 7.58. The van der Waals surface area contributed by atoms with E-state index >= 15 is 0 Å². The van der Waals surface area contributed by atoms with Gasteiger partial charge in [0.05, 0.1) is 12.2 Å². The van der Waals surface area contributed by atoms with E-state index in [-0.39, 0.29) is 5.56 Å². The zero-order chi connectivity index (χ0) is 17.2. The van der Waals surface area contributed by atoms with Crippen LogP contribution in [0, 0.1) is 5.92 Å². The zero-order valence-corrected chi connectivity index (χ0v) is 15.6. The molecule has 4 rings (SSSR count). The van der Waals surface area contributed by atoms with Crippen molar-refractivity contribution < 1.29 is 0 Å². The largest absolute Gasteiger partial charge is 0.303 e. The van der Waals surface area contributed by atoms with E-state index in [1.807, 2.05) is 6.07 Å². The molecular weight excluding hydrogens is 312 g/mol. The van der Waals surface area contributed by atoms with Gasteiger partial charge in [-0.05, 0) is 70.6 Å². The molecular formula is C20H32N4O. The first-order valence-electron chi connectivity index (χ1n) is 10.2. The van der Waals surface area contributed by atoms with Crippen LogP contribution in [0.5, 0.6) is 0 Å². The third-order valence-corrected chi connectivity index (χ3v) is 6.44. The summed E-state index contributed by atoms with van der Waals surface area (Å²) in [6, 6.07) is 2.62. The number of aryl methyl sites for hydroxylation is 2. The lowest BCUT2D eigenvalue weighted by Gasteiger charge is -2.41. The maximum atomic E-state index is 12.3. The van der Waals surface area contributed by atoms with E-state index in [1.165, 1.54) is 62.9 Å². The normalized spacial score (nSPS) is 25.6. The van der Waals surface area contributed by atoms with E-state index in [0.717, 1.165) is 38.5 Å². The lowest BCUT2D eigenvalue weighted by Crippen LogP contribution is -2.51. The predicted octanol–water partition coefficient (Wildman–Crippen LogP) is 1.93. The van der Waals surface area contributed by atoms with Gasteiger partial charge in [0.25, 0.3) is 5.56 Å². The molecule has 1 aromatic rings. The summed E-state index contributed by atoms with van der Waals surface area (Å²) in [6.07, 6.45) is 9.90. The molecule has 138 valence electrons. The summed E-state index contributed by atoms with van der Waals surface area (Å²) in [7, 11) is 2.27. The molecule has 0 N–H and O–H groups in total. The highest BCUT2D eigenvalue weighted by Gasteiger charge is 2.29. The molecule has 1 aromatic heterocycles. The SMILES string of the molecule is CN1CCCCC1CCN1CC(Cn2nc3c(cc2=O)CCCC3)C1. The molecule has 1 unspecified atom stereocenters. The molecule has 0 radical (unpaired) electrons. The Kier molecular flexibility index (Phi) is 5.23. The Morgan fingerprint density at radius 3 is 2.84 bits per heavy atom. The van der Waals surface area contributed by atoms with Gasteiger partial charge in [-0.3, -0.25) is 4.79 Å². The third kappa shape index (κ3) is 3.98. The monoisotopic (exact) mass is 344 g/mol. The standard InChI is InChI=1S/C20H32N4O/c1-22-10-5-4-7-18(22)9-11-23-13-16(14-23)15-24-20(25)12-17-6-2-3-8-19(17)21-24/h12,16,18H,2-11,13-15H2,1H3. The molecule has 2 fully saturated rings. The Morgan fingerprint density at radius 1 is 1.16 bits per heavy atom. The molecule has 0 amide bonds. The van der Waals surface area contributed by atoms with Gasteiger partial charge >= 0.3 is 0 Å². The highest BCUT2D eigenvalue weighted by molar-refractivity contribution is 5.20. The van der Waals surface area contributed by atoms with Gasteiger partial charge in [-0.2, -0.15) is 5.10 Å². The van der Waals surface area contributed by atoms with Gasteiger partial charge in [0.1, 0.15) is 0 Å². The van der Waals surface area contributed by atoms with Crippen LogP contribution in [0.4, 0.5) is 0 Å². The summed E-state index contributed by atoms with van der Waals surface area (Å²) in [4.78, 5) is 17.4. The van der Waals surface area contributed by atoms with Crippen LogP contribution in [0.3, 0.4) is 0 Å². The second-order valence-corrected chi connectivity index (χ2v) is 8.39. The van der Waals surface area contributed by atoms with Crippen molar-refractivity contribution in [3.05, 3.63) is 27.7 Å². The van der Waals surface area contributed by atoms with Crippen LogP contribution < -0.4 is 5.56 Å². The fraction of sp³-hybridized carbons (Fsp3) is 0.800. The molecule has 0 saturated carbocycles. The van der Waals surface area contributed by atoms with Gasteiger partial charge in [-0.1, -0.05) is 6.42 Å². The Morgan fingerprint density at radius 2 is 2.00 bits per heavy atom. The van der Waals surface area contributed by atoms with Crippen LogP contribution in [0.15, 0.2) is 10.9 Å². The van der Waals surface area contributed by atoms with E-state index < -0.39 is 0 Å². The number of aromatic nitrogens is 2. The second-order valence-electron chi connectivity index (χ2n) is 8.39. The van der Waals surface area contributed by atoms with Gasteiger partial charge in [0, 0.05) is 31.1 Å². The summed E-state index contributed by atoms with van der Waals surface area (Å²) in [5.74, 6) is 0.593. The van der Waals surface area contributed by atoms with E-state index in [1.54, 1.807) is 4.68 Å². The van der Waals surface area contributed by atoms with Crippen molar-refractivity contribution >= 4 is 0 Å². The predicted molar refractivity (Wildman–Crippen MR) is 100.0 cm³/mol. The number of rotatable bonds is 5. The Labute approximate surface area is 151 Å². The minimum Gasteiger partial charge on any atom is -0.303 e. The smallest absolute Gasteiger partial charge is 0.267 e.